The quantitative estimate of drug-likeness (QED) is 0.831. The fourth-order valence-corrected chi connectivity index (χ4v) is 5.25. The van der Waals surface area contributed by atoms with Gasteiger partial charge in [0.25, 0.3) is 0 Å². The van der Waals surface area contributed by atoms with Crippen LogP contribution in [0.2, 0.25) is 0 Å². The molecular formula is C15H24BNO3S. The summed E-state index contributed by atoms with van der Waals surface area (Å²) in [4.78, 5) is 0.841. The van der Waals surface area contributed by atoms with Gasteiger partial charge in [-0.25, -0.2) is 8.51 Å². The largest absolute Gasteiger partial charge is 0.488 e. The molecule has 0 radical (unpaired) electrons. The van der Waals surface area contributed by atoms with Gasteiger partial charge in [0.15, 0.2) is 0 Å². The Labute approximate surface area is 129 Å². The van der Waals surface area contributed by atoms with Gasteiger partial charge < -0.3 is 10.0 Å². The Bertz CT molecular complexity index is 585. The smallest absolute Gasteiger partial charge is 0.423 e. The van der Waals surface area contributed by atoms with Crippen LogP contribution in [0.4, 0.5) is 0 Å². The first-order valence-electron chi connectivity index (χ1n) is 7.34. The zero-order chi connectivity index (χ0) is 16.1. The van der Waals surface area contributed by atoms with E-state index in [0.717, 1.165) is 16.0 Å². The molecule has 6 heteroatoms. The van der Waals surface area contributed by atoms with Crippen LogP contribution in [0.3, 0.4) is 0 Å². The number of benzene rings is 1. The molecule has 2 N–H and O–H groups in total. The molecule has 116 valence electrons. The molecule has 1 aromatic rings. The first-order chi connectivity index (χ1) is 9.59. The normalized spacial score (nSPS) is 21.1. The molecule has 1 aliphatic heterocycles. The van der Waals surface area contributed by atoms with E-state index in [0.29, 0.717) is 5.46 Å². The molecule has 1 aliphatic rings. The van der Waals surface area contributed by atoms with E-state index in [1.807, 2.05) is 45.8 Å². The molecule has 0 amide bonds. The van der Waals surface area contributed by atoms with Crippen molar-refractivity contribution in [2.24, 2.45) is 0 Å². The van der Waals surface area contributed by atoms with Crippen molar-refractivity contribution in [3.05, 3.63) is 23.3 Å². The molecule has 1 atom stereocenters. The summed E-state index contributed by atoms with van der Waals surface area (Å²) in [6.45, 7) is 12.2. The molecule has 0 aromatic heterocycles. The maximum atomic E-state index is 13.0. The van der Waals surface area contributed by atoms with Gasteiger partial charge in [-0.3, -0.25) is 0 Å². The number of fused-ring (bicyclic) bond motifs is 1. The highest BCUT2D eigenvalue weighted by atomic mass is 32.2. The van der Waals surface area contributed by atoms with Crippen molar-refractivity contribution < 1.29 is 14.3 Å². The minimum Gasteiger partial charge on any atom is -0.423 e. The highest BCUT2D eigenvalue weighted by Crippen LogP contribution is 2.45. The zero-order valence-electron chi connectivity index (χ0n) is 13.5. The lowest BCUT2D eigenvalue weighted by Gasteiger charge is -2.33. The summed E-state index contributed by atoms with van der Waals surface area (Å²) in [5, 5.41) is 19.1. The number of hydrogen-bond donors (Lipinski definition) is 2. The second kappa shape index (κ2) is 5.50. The van der Waals surface area contributed by atoms with Gasteiger partial charge in [0.2, 0.25) is 0 Å². The number of rotatable bonds is 3. The Balaban J connectivity index is 2.76. The summed E-state index contributed by atoms with van der Waals surface area (Å²) in [7, 11) is -2.73. The van der Waals surface area contributed by atoms with E-state index < -0.39 is 23.6 Å². The molecule has 4 nitrogen and oxygen atoms in total. The van der Waals surface area contributed by atoms with Gasteiger partial charge in [-0.05, 0) is 50.2 Å². The second-order valence-corrected chi connectivity index (χ2v) is 8.04. The monoisotopic (exact) mass is 309 g/mol. The van der Waals surface area contributed by atoms with Gasteiger partial charge in [-0.15, -0.1) is 0 Å². The minimum absolute atomic E-state index is 0.135. The third-order valence-corrected chi connectivity index (χ3v) is 6.13. The summed E-state index contributed by atoms with van der Waals surface area (Å²) < 4.78 is 15.0. The molecule has 0 spiro atoms. The predicted molar refractivity (Wildman–Crippen MR) is 86.8 cm³/mol. The third-order valence-electron chi connectivity index (χ3n) is 4.09. The van der Waals surface area contributed by atoms with Crippen LogP contribution in [0, 0.1) is 0 Å². The van der Waals surface area contributed by atoms with Gasteiger partial charge in [-0.2, -0.15) is 0 Å². The Kier molecular flexibility index (Phi) is 4.37. The Morgan fingerprint density at radius 1 is 1.19 bits per heavy atom. The van der Waals surface area contributed by atoms with Crippen LogP contribution in [0.1, 0.15) is 58.6 Å². The lowest BCUT2D eigenvalue weighted by Crippen LogP contribution is -2.42. The number of hydrogen-bond acceptors (Lipinski definition) is 3. The predicted octanol–water partition coefficient (Wildman–Crippen LogP) is 1.47. The summed E-state index contributed by atoms with van der Waals surface area (Å²) in [6, 6.07) is 3.69. The van der Waals surface area contributed by atoms with E-state index in [9.17, 15) is 14.3 Å². The molecular weight excluding hydrogens is 285 g/mol. The van der Waals surface area contributed by atoms with E-state index >= 15 is 0 Å². The SMILES string of the molecule is CC(C)c1cc(B(O)O)cc2c1S(=O)N(C(C)C)C2(C)C. The van der Waals surface area contributed by atoms with Crippen molar-refractivity contribution in [2.75, 3.05) is 0 Å². The molecule has 0 fully saturated rings. The standard InChI is InChI=1S/C15H24BNO3S/c1-9(2)12-7-11(16(18)19)8-13-14(12)21(20)17(10(3)4)15(13,5)6/h7-10,18-19H,1-6H3. The van der Waals surface area contributed by atoms with E-state index in [1.165, 1.54) is 0 Å². The van der Waals surface area contributed by atoms with Crippen molar-refractivity contribution in [2.45, 2.75) is 63.9 Å². The van der Waals surface area contributed by atoms with Gasteiger partial charge in [0.1, 0.15) is 11.0 Å². The van der Waals surface area contributed by atoms with E-state index in [4.69, 9.17) is 0 Å². The number of nitrogens with zero attached hydrogens (tertiary/aromatic N) is 1. The van der Waals surface area contributed by atoms with Crippen LogP contribution in [0.15, 0.2) is 17.0 Å². The second-order valence-electron chi connectivity index (χ2n) is 6.74. The highest BCUT2D eigenvalue weighted by Gasteiger charge is 2.46. The molecule has 0 aliphatic carbocycles. The molecule has 0 saturated heterocycles. The van der Waals surface area contributed by atoms with E-state index in [-0.39, 0.29) is 12.0 Å². The lowest BCUT2D eigenvalue weighted by molar-refractivity contribution is 0.213. The van der Waals surface area contributed by atoms with Crippen molar-refractivity contribution in [1.29, 1.82) is 0 Å². The fraction of sp³-hybridized carbons (Fsp3) is 0.600. The maximum Gasteiger partial charge on any atom is 0.488 e. The van der Waals surface area contributed by atoms with Gasteiger partial charge >= 0.3 is 7.12 Å². The summed E-state index contributed by atoms with van der Waals surface area (Å²) in [6.07, 6.45) is 0. The van der Waals surface area contributed by atoms with Gasteiger partial charge in [-0.1, -0.05) is 26.0 Å². The third kappa shape index (κ3) is 2.59. The van der Waals surface area contributed by atoms with Crippen molar-refractivity contribution in [3.8, 4) is 0 Å². The van der Waals surface area contributed by atoms with E-state index in [1.54, 1.807) is 12.1 Å². The topological polar surface area (TPSA) is 60.8 Å². The summed E-state index contributed by atoms with van der Waals surface area (Å²) in [5.74, 6) is 0.171. The average molecular weight is 309 g/mol. The fourth-order valence-electron chi connectivity index (χ4n) is 3.16. The molecule has 0 bridgehead atoms. The minimum atomic E-state index is -1.51. The van der Waals surface area contributed by atoms with Crippen molar-refractivity contribution in [3.63, 3.8) is 0 Å². The average Bonchev–Trinajstić information content (AvgIpc) is 2.55. The first-order valence-corrected chi connectivity index (χ1v) is 8.45. The van der Waals surface area contributed by atoms with Crippen LogP contribution in [-0.2, 0) is 16.5 Å². The van der Waals surface area contributed by atoms with Crippen LogP contribution in [-0.4, -0.2) is 31.7 Å². The first kappa shape index (κ1) is 16.7. The van der Waals surface area contributed by atoms with E-state index in [2.05, 4.69) is 0 Å². The van der Waals surface area contributed by atoms with Gasteiger partial charge in [0.05, 0.1) is 10.4 Å². The van der Waals surface area contributed by atoms with Crippen LogP contribution in [0.25, 0.3) is 0 Å². The van der Waals surface area contributed by atoms with Crippen molar-refractivity contribution >= 4 is 23.6 Å². The molecule has 1 heterocycles. The highest BCUT2D eigenvalue weighted by molar-refractivity contribution is 7.83. The maximum absolute atomic E-state index is 13.0. The van der Waals surface area contributed by atoms with Gasteiger partial charge in [0, 0.05) is 6.04 Å². The molecule has 2 rings (SSSR count). The molecule has 0 saturated carbocycles. The molecule has 1 aromatic carbocycles. The summed E-state index contributed by atoms with van der Waals surface area (Å²) in [5.41, 5.74) is 1.94. The lowest BCUT2D eigenvalue weighted by atomic mass is 9.75. The van der Waals surface area contributed by atoms with Crippen LogP contribution >= 0.6 is 0 Å². The molecule has 21 heavy (non-hydrogen) atoms. The molecule has 1 unspecified atom stereocenters. The zero-order valence-corrected chi connectivity index (χ0v) is 14.4. The van der Waals surface area contributed by atoms with Crippen LogP contribution < -0.4 is 5.46 Å². The Morgan fingerprint density at radius 2 is 1.76 bits per heavy atom. The Hall–Kier alpha value is -0.685. The van der Waals surface area contributed by atoms with Crippen molar-refractivity contribution in [1.82, 2.24) is 4.31 Å². The van der Waals surface area contributed by atoms with Crippen LogP contribution in [0.5, 0.6) is 0 Å². The Morgan fingerprint density at radius 3 is 2.19 bits per heavy atom. The summed E-state index contributed by atoms with van der Waals surface area (Å²) >= 11 is 0.